The summed E-state index contributed by atoms with van der Waals surface area (Å²) < 4.78 is 32.8. The number of aryl methyl sites for hydroxylation is 1. The van der Waals surface area contributed by atoms with E-state index >= 15 is 0 Å². The Morgan fingerprint density at radius 2 is 2.15 bits per heavy atom. The van der Waals surface area contributed by atoms with Crippen molar-refractivity contribution >= 4 is 35.7 Å². The number of aromatic nitrogens is 3. The average Bonchev–Trinajstić information content (AvgIpc) is 3.28. The Bertz CT molecular complexity index is 1130. The van der Waals surface area contributed by atoms with Gasteiger partial charge in [0, 0.05) is 25.3 Å². The Morgan fingerprint density at radius 1 is 1.44 bits per heavy atom. The molecule has 1 aliphatic rings. The molecule has 0 radical (unpaired) electrons. The number of H-pyrrole nitrogens is 1. The van der Waals surface area contributed by atoms with Crippen LogP contribution in [0.1, 0.15) is 32.8 Å². The van der Waals surface area contributed by atoms with Crippen LogP contribution in [0.15, 0.2) is 17.1 Å². The topological polar surface area (TPSA) is 156 Å². The maximum atomic E-state index is 13.1. The predicted molar refractivity (Wildman–Crippen MR) is 127 cm³/mol. The van der Waals surface area contributed by atoms with Gasteiger partial charge in [-0.2, -0.15) is 0 Å². The third-order valence-corrected chi connectivity index (χ3v) is 8.25. The molecule has 1 fully saturated rings. The first-order valence-electron chi connectivity index (χ1n) is 10.8. The minimum atomic E-state index is -3.74. The Kier molecular flexibility index (Phi) is 8.42. The first-order chi connectivity index (χ1) is 15.9. The van der Waals surface area contributed by atoms with E-state index in [0.717, 1.165) is 11.8 Å². The molecule has 34 heavy (non-hydrogen) atoms. The molecule has 12 nitrogen and oxygen atoms in total. The lowest BCUT2D eigenvalue weighted by Crippen LogP contribution is -2.44. The van der Waals surface area contributed by atoms with Crippen molar-refractivity contribution in [3.63, 3.8) is 0 Å². The van der Waals surface area contributed by atoms with Crippen LogP contribution in [0.5, 0.6) is 0 Å². The second-order valence-electron chi connectivity index (χ2n) is 8.31. The molecule has 190 valence electrons. The van der Waals surface area contributed by atoms with Crippen molar-refractivity contribution < 1.29 is 33.4 Å². The molecule has 2 aromatic heterocycles. The normalized spacial score (nSPS) is 26.9. The molecule has 0 aliphatic carbocycles. The molecule has 14 heteroatoms. The number of hydrogen-bond donors (Lipinski definition) is 3. The number of carbonyl (C=O) groups is 1. The van der Waals surface area contributed by atoms with Gasteiger partial charge in [0.25, 0.3) is 5.56 Å². The Balaban J connectivity index is 1.78. The van der Waals surface area contributed by atoms with Gasteiger partial charge in [-0.3, -0.25) is 18.6 Å². The van der Waals surface area contributed by atoms with E-state index in [1.165, 1.54) is 37.2 Å². The monoisotopic (exact) mass is 518 g/mol. The second kappa shape index (κ2) is 10.6. The SMILES string of the molecule is CCc1nc2c(ccn2[C@@H]2O[C@H](COP(=O)(OCCSC(C)=O)N(C)C)C(O)[C@]2(C)O)c(=O)[nH]1. The summed E-state index contributed by atoms with van der Waals surface area (Å²) in [6, 6.07) is 1.56. The van der Waals surface area contributed by atoms with Gasteiger partial charge in [0.05, 0.1) is 18.6 Å². The number of hydrogen-bond acceptors (Lipinski definition) is 10. The van der Waals surface area contributed by atoms with Crippen LogP contribution in [0.25, 0.3) is 11.0 Å². The number of ether oxygens (including phenoxy) is 1. The fourth-order valence-electron chi connectivity index (χ4n) is 3.60. The number of nitrogens with one attached hydrogen (secondary N) is 1. The summed E-state index contributed by atoms with van der Waals surface area (Å²) in [5.41, 5.74) is -1.77. The fourth-order valence-corrected chi connectivity index (χ4v) is 5.37. The molecule has 3 heterocycles. The van der Waals surface area contributed by atoms with Crippen molar-refractivity contribution in [2.75, 3.05) is 33.1 Å². The molecule has 0 amide bonds. The molecule has 0 bridgehead atoms. The zero-order valence-corrected chi connectivity index (χ0v) is 21.5. The molecule has 2 aromatic rings. The van der Waals surface area contributed by atoms with Gasteiger partial charge in [-0.15, -0.1) is 0 Å². The highest BCUT2D eigenvalue weighted by Crippen LogP contribution is 2.51. The zero-order valence-electron chi connectivity index (χ0n) is 19.8. The van der Waals surface area contributed by atoms with Crippen LogP contribution in [-0.4, -0.2) is 85.4 Å². The highest BCUT2D eigenvalue weighted by Gasteiger charge is 2.54. The average molecular weight is 519 g/mol. The Labute approximate surface area is 201 Å². The number of aromatic amines is 1. The van der Waals surface area contributed by atoms with E-state index in [2.05, 4.69) is 9.97 Å². The van der Waals surface area contributed by atoms with Crippen LogP contribution in [-0.2, 0) is 29.6 Å². The van der Waals surface area contributed by atoms with Gasteiger partial charge < -0.3 is 24.5 Å². The Hall–Kier alpha value is -1.57. The quantitative estimate of drug-likeness (QED) is 0.307. The van der Waals surface area contributed by atoms with Gasteiger partial charge in [-0.05, 0) is 27.1 Å². The third kappa shape index (κ3) is 5.47. The molecule has 3 rings (SSSR count). The molecular formula is C20H31N4O8PS. The van der Waals surface area contributed by atoms with E-state index in [9.17, 15) is 24.4 Å². The summed E-state index contributed by atoms with van der Waals surface area (Å²) in [7, 11) is -0.701. The number of thioether (sulfide) groups is 1. The maximum absolute atomic E-state index is 13.1. The third-order valence-electron chi connectivity index (χ3n) is 5.51. The van der Waals surface area contributed by atoms with Gasteiger partial charge >= 0.3 is 7.75 Å². The minimum absolute atomic E-state index is 0.0173. The predicted octanol–water partition coefficient (Wildman–Crippen LogP) is 1.28. The molecule has 1 saturated heterocycles. The van der Waals surface area contributed by atoms with Gasteiger partial charge in [0.1, 0.15) is 29.3 Å². The molecule has 1 aliphatic heterocycles. The van der Waals surface area contributed by atoms with Crippen molar-refractivity contribution in [1.82, 2.24) is 19.2 Å². The van der Waals surface area contributed by atoms with Crippen LogP contribution in [0.4, 0.5) is 0 Å². The smallest absolute Gasteiger partial charge is 0.387 e. The molecular weight excluding hydrogens is 487 g/mol. The highest BCUT2D eigenvalue weighted by atomic mass is 32.2. The van der Waals surface area contributed by atoms with E-state index in [1.54, 1.807) is 12.3 Å². The van der Waals surface area contributed by atoms with Crippen LogP contribution >= 0.6 is 19.5 Å². The number of rotatable bonds is 10. The number of carbonyl (C=O) groups excluding carboxylic acids is 1. The molecule has 0 aromatic carbocycles. The molecule has 3 N–H and O–H groups in total. The summed E-state index contributed by atoms with van der Waals surface area (Å²) in [5, 5.41) is 22.1. The molecule has 2 unspecified atom stereocenters. The lowest BCUT2D eigenvalue weighted by molar-refractivity contribution is -0.109. The van der Waals surface area contributed by atoms with E-state index in [0.29, 0.717) is 29.0 Å². The van der Waals surface area contributed by atoms with E-state index in [4.69, 9.17) is 13.8 Å². The van der Waals surface area contributed by atoms with Crippen molar-refractivity contribution in [1.29, 1.82) is 0 Å². The molecule has 0 saturated carbocycles. The van der Waals surface area contributed by atoms with Crippen LogP contribution < -0.4 is 5.56 Å². The highest BCUT2D eigenvalue weighted by molar-refractivity contribution is 8.13. The lowest BCUT2D eigenvalue weighted by atomic mass is 9.96. The van der Waals surface area contributed by atoms with Crippen molar-refractivity contribution in [3.05, 3.63) is 28.4 Å². The fraction of sp³-hybridized carbons (Fsp3) is 0.650. The van der Waals surface area contributed by atoms with E-state index in [-0.39, 0.29) is 23.9 Å². The van der Waals surface area contributed by atoms with Crippen molar-refractivity contribution in [2.24, 2.45) is 0 Å². The summed E-state index contributed by atoms with van der Waals surface area (Å²) in [6.07, 6.45) is -1.47. The zero-order chi connectivity index (χ0) is 25.3. The largest absolute Gasteiger partial charge is 0.407 e. The number of aliphatic hydroxyl groups excluding tert-OH is 1. The van der Waals surface area contributed by atoms with Gasteiger partial charge in [0.15, 0.2) is 11.3 Å². The van der Waals surface area contributed by atoms with E-state index in [1.807, 2.05) is 6.92 Å². The first kappa shape index (κ1) is 27.0. The number of nitrogens with zero attached hydrogens (tertiary/aromatic N) is 3. The minimum Gasteiger partial charge on any atom is -0.387 e. The number of aliphatic hydroxyl groups is 2. The van der Waals surface area contributed by atoms with Crippen molar-refractivity contribution in [3.8, 4) is 0 Å². The van der Waals surface area contributed by atoms with Crippen molar-refractivity contribution in [2.45, 2.75) is 51.2 Å². The second-order valence-corrected chi connectivity index (χ2v) is 11.8. The molecule has 5 atom stereocenters. The summed E-state index contributed by atoms with van der Waals surface area (Å²) >= 11 is 1.04. The van der Waals surface area contributed by atoms with Gasteiger partial charge in [-0.25, -0.2) is 14.2 Å². The summed E-state index contributed by atoms with van der Waals surface area (Å²) in [4.78, 5) is 30.6. The standard InChI is InChI=1S/C20H31N4O8PS/c1-6-15-21-17-13(18(27)22-15)7-8-24(17)19-20(3,28)16(26)14(32-19)11-31-33(29,23(4)5)30-9-10-34-12(2)25/h7-8,14,16,19,26,28H,6,9-11H2,1-5H3,(H,21,22,27)/t14-,16?,19-,20+,33?/m1/s1. The number of fused-ring (bicyclic) bond motifs is 1. The summed E-state index contributed by atoms with van der Waals surface area (Å²) in [5.74, 6) is 0.783. The van der Waals surface area contributed by atoms with E-state index < -0.39 is 31.8 Å². The van der Waals surface area contributed by atoms with Crippen LogP contribution in [0.2, 0.25) is 0 Å². The lowest BCUT2D eigenvalue weighted by Gasteiger charge is -2.28. The maximum Gasteiger partial charge on any atom is 0.407 e. The van der Waals surface area contributed by atoms with Gasteiger partial charge in [-0.1, -0.05) is 18.7 Å². The van der Waals surface area contributed by atoms with Crippen LogP contribution in [0, 0.1) is 0 Å². The summed E-state index contributed by atoms with van der Waals surface area (Å²) in [6.45, 7) is 4.36. The van der Waals surface area contributed by atoms with Gasteiger partial charge in [0.2, 0.25) is 0 Å². The molecule has 0 spiro atoms. The van der Waals surface area contributed by atoms with Crippen LogP contribution in [0.3, 0.4) is 0 Å². The first-order valence-corrected chi connectivity index (χ1v) is 13.2. The Morgan fingerprint density at radius 3 is 2.76 bits per heavy atom.